The SMILES string of the molecule is O=C(Nc1ccc(F)nc1)[C@H]1CCCN1c1nc2c(c(Nc3n[nH]c(C4CC4)n3)n1)CCC2. The van der Waals surface area contributed by atoms with Gasteiger partial charge in [-0.3, -0.25) is 9.89 Å². The molecular formula is C22H24FN9O. The molecule has 170 valence electrons. The van der Waals surface area contributed by atoms with Gasteiger partial charge in [0.15, 0.2) is 0 Å². The molecule has 33 heavy (non-hydrogen) atoms. The highest BCUT2D eigenvalue weighted by molar-refractivity contribution is 5.96. The van der Waals surface area contributed by atoms with Crippen LogP contribution in [0.2, 0.25) is 0 Å². The van der Waals surface area contributed by atoms with Crippen molar-refractivity contribution in [1.82, 2.24) is 30.1 Å². The molecule has 11 heteroatoms. The maximum Gasteiger partial charge on any atom is 0.247 e. The van der Waals surface area contributed by atoms with Crippen LogP contribution >= 0.6 is 0 Å². The number of amides is 1. The van der Waals surface area contributed by atoms with E-state index in [2.05, 4.69) is 30.8 Å². The summed E-state index contributed by atoms with van der Waals surface area (Å²) in [5, 5.41) is 13.4. The zero-order valence-corrected chi connectivity index (χ0v) is 18.0. The Kier molecular flexibility index (Phi) is 4.88. The minimum Gasteiger partial charge on any atom is -0.329 e. The minimum atomic E-state index is -0.585. The van der Waals surface area contributed by atoms with Crippen molar-refractivity contribution in [3.63, 3.8) is 0 Å². The summed E-state index contributed by atoms with van der Waals surface area (Å²) in [4.78, 5) is 32.7. The van der Waals surface area contributed by atoms with Crippen molar-refractivity contribution in [2.45, 2.75) is 56.9 Å². The Morgan fingerprint density at radius 2 is 2.03 bits per heavy atom. The molecule has 1 atom stereocenters. The van der Waals surface area contributed by atoms with Crippen LogP contribution in [0, 0.1) is 5.95 Å². The lowest BCUT2D eigenvalue weighted by molar-refractivity contribution is -0.117. The van der Waals surface area contributed by atoms with E-state index >= 15 is 0 Å². The Morgan fingerprint density at radius 3 is 2.85 bits per heavy atom. The molecule has 10 nitrogen and oxygen atoms in total. The van der Waals surface area contributed by atoms with Crippen molar-refractivity contribution < 1.29 is 9.18 Å². The molecule has 0 aromatic carbocycles. The van der Waals surface area contributed by atoms with E-state index in [1.54, 1.807) is 0 Å². The fourth-order valence-corrected chi connectivity index (χ4v) is 4.58. The van der Waals surface area contributed by atoms with E-state index in [1.807, 2.05) is 4.90 Å². The van der Waals surface area contributed by atoms with Crippen molar-refractivity contribution >= 4 is 29.3 Å². The summed E-state index contributed by atoms with van der Waals surface area (Å²) in [5.41, 5.74) is 2.56. The number of rotatable bonds is 6. The molecule has 2 fully saturated rings. The highest BCUT2D eigenvalue weighted by atomic mass is 19.1. The second-order valence-corrected chi connectivity index (χ2v) is 8.80. The molecular weight excluding hydrogens is 425 g/mol. The van der Waals surface area contributed by atoms with Gasteiger partial charge in [-0.1, -0.05) is 0 Å². The first kappa shape index (κ1) is 20.0. The lowest BCUT2D eigenvalue weighted by atomic mass is 10.2. The van der Waals surface area contributed by atoms with Crippen molar-refractivity contribution in [2.75, 3.05) is 22.1 Å². The summed E-state index contributed by atoms with van der Waals surface area (Å²) in [5.74, 6) is 2.39. The average Bonchev–Trinajstić information content (AvgIpc) is 3.20. The molecule has 3 N–H and O–H groups in total. The first-order valence-electron chi connectivity index (χ1n) is 11.4. The van der Waals surface area contributed by atoms with Gasteiger partial charge in [0.05, 0.1) is 17.6 Å². The van der Waals surface area contributed by atoms with Crippen LogP contribution in [0.5, 0.6) is 0 Å². The molecule has 4 heterocycles. The molecule has 0 bridgehead atoms. The van der Waals surface area contributed by atoms with Gasteiger partial charge in [0.2, 0.25) is 23.8 Å². The molecule has 1 amide bonds. The molecule has 6 rings (SSSR count). The van der Waals surface area contributed by atoms with E-state index in [-0.39, 0.29) is 5.91 Å². The summed E-state index contributed by atoms with van der Waals surface area (Å²) >= 11 is 0. The molecule has 1 saturated carbocycles. The molecule has 3 aliphatic rings. The molecule has 0 unspecified atom stereocenters. The van der Waals surface area contributed by atoms with E-state index < -0.39 is 12.0 Å². The van der Waals surface area contributed by atoms with E-state index in [0.29, 0.717) is 42.3 Å². The van der Waals surface area contributed by atoms with Crippen molar-refractivity contribution in [1.29, 1.82) is 0 Å². The highest BCUT2D eigenvalue weighted by Gasteiger charge is 2.34. The smallest absolute Gasteiger partial charge is 0.247 e. The van der Waals surface area contributed by atoms with Gasteiger partial charge < -0.3 is 15.5 Å². The second-order valence-electron chi connectivity index (χ2n) is 8.80. The Labute approximate surface area is 189 Å². The number of hydrogen-bond acceptors (Lipinski definition) is 8. The second kappa shape index (κ2) is 8.05. The normalized spacial score (nSPS) is 19.5. The van der Waals surface area contributed by atoms with E-state index in [0.717, 1.165) is 55.6 Å². The van der Waals surface area contributed by atoms with Gasteiger partial charge in [-0.15, -0.1) is 5.10 Å². The minimum absolute atomic E-state index is 0.178. The van der Waals surface area contributed by atoms with Crippen LogP contribution in [-0.2, 0) is 17.6 Å². The summed E-state index contributed by atoms with van der Waals surface area (Å²) in [6, 6.07) is 2.31. The number of pyridine rings is 1. The van der Waals surface area contributed by atoms with Gasteiger partial charge >= 0.3 is 0 Å². The molecule has 1 saturated heterocycles. The average molecular weight is 449 g/mol. The number of aromatic amines is 1. The fourth-order valence-electron chi connectivity index (χ4n) is 4.58. The van der Waals surface area contributed by atoms with E-state index in [4.69, 9.17) is 9.97 Å². The van der Waals surface area contributed by atoms with Crippen LogP contribution in [-0.4, -0.2) is 48.6 Å². The number of halogens is 1. The molecule has 3 aromatic heterocycles. The number of nitrogens with zero attached hydrogens (tertiary/aromatic N) is 6. The largest absolute Gasteiger partial charge is 0.329 e. The van der Waals surface area contributed by atoms with Crippen LogP contribution in [0.1, 0.15) is 55.1 Å². The predicted octanol–water partition coefficient (Wildman–Crippen LogP) is 2.85. The number of carbonyl (C=O) groups is 1. The van der Waals surface area contributed by atoms with Gasteiger partial charge in [-0.2, -0.15) is 14.4 Å². The van der Waals surface area contributed by atoms with Crippen LogP contribution in [0.25, 0.3) is 0 Å². The number of aryl methyl sites for hydroxylation is 1. The van der Waals surface area contributed by atoms with E-state index in [1.165, 1.54) is 18.3 Å². The Morgan fingerprint density at radius 1 is 1.12 bits per heavy atom. The standard InChI is InChI=1S/C22H24FN9O/c23-17-9-8-13(11-24-17)25-20(33)16-5-2-10-32(16)22-26-15-4-1-3-14(15)19(29-22)28-21-27-18(30-31-21)12-6-7-12/h8-9,11-12,16H,1-7,10H2,(H,25,33)(H2,26,27,28,29,30,31)/t16-/m1/s1. The third kappa shape index (κ3) is 3.98. The first-order valence-corrected chi connectivity index (χ1v) is 11.4. The number of aromatic nitrogens is 6. The number of fused-ring (bicyclic) bond motifs is 1. The third-order valence-corrected chi connectivity index (χ3v) is 6.43. The van der Waals surface area contributed by atoms with E-state index in [9.17, 15) is 9.18 Å². The Hall–Kier alpha value is -3.63. The lowest BCUT2D eigenvalue weighted by Crippen LogP contribution is -2.40. The molecule has 2 aliphatic carbocycles. The zero-order valence-electron chi connectivity index (χ0n) is 18.0. The molecule has 1 aliphatic heterocycles. The molecule has 3 aromatic rings. The summed E-state index contributed by atoms with van der Waals surface area (Å²) in [6.45, 7) is 0.685. The maximum atomic E-state index is 13.1. The van der Waals surface area contributed by atoms with Gasteiger partial charge in [-0.25, -0.2) is 9.97 Å². The maximum absolute atomic E-state index is 13.1. The summed E-state index contributed by atoms with van der Waals surface area (Å²) in [6.07, 6.45) is 7.95. The van der Waals surface area contributed by atoms with Crippen LogP contribution < -0.4 is 15.5 Å². The third-order valence-electron chi connectivity index (χ3n) is 6.43. The number of H-pyrrole nitrogens is 1. The highest BCUT2D eigenvalue weighted by Crippen LogP contribution is 2.38. The van der Waals surface area contributed by atoms with Gasteiger partial charge in [0, 0.05) is 18.0 Å². The van der Waals surface area contributed by atoms with Gasteiger partial charge in [0.25, 0.3) is 0 Å². The number of hydrogen-bond donors (Lipinski definition) is 3. The van der Waals surface area contributed by atoms with Gasteiger partial charge in [0.1, 0.15) is 17.7 Å². The van der Waals surface area contributed by atoms with Crippen LogP contribution in [0.15, 0.2) is 18.3 Å². The summed E-state index contributed by atoms with van der Waals surface area (Å²) in [7, 11) is 0. The van der Waals surface area contributed by atoms with Crippen LogP contribution in [0.3, 0.4) is 0 Å². The topological polar surface area (TPSA) is 125 Å². The quantitative estimate of drug-likeness (QED) is 0.491. The zero-order chi connectivity index (χ0) is 22.4. The van der Waals surface area contributed by atoms with Crippen molar-refractivity contribution in [2.24, 2.45) is 0 Å². The number of carbonyl (C=O) groups excluding carboxylic acids is 1. The monoisotopic (exact) mass is 449 g/mol. The Bertz CT molecular complexity index is 1190. The first-order chi connectivity index (χ1) is 16.1. The molecule has 0 radical (unpaired) electrons. The summed E-state index contributed by atoms with van der Waals surface area (Å²) < 4.78 is 13.1. The number of anilines is 4. The van der Waals surface area contributed by atoms with Crippen LogP contribution in [0.4, 0.5) is 27.8 Å². The predicted molar refractivity (Wildman–Crippen MR) is 119 cm³/mol. The number of nitrogens with one attached hydrogen (secondary N) is 3. The fraction of sp³-hybridized carbons (Fsp3) is 0.455. The van der Waals surface area contributed by atoms with Crippen molar-refractivity contribution in [3.05, 3.63) is 41.4 Å². The lowest BCUT2D eigenvalue weighted by Gasteiger charge is -2.25. The molecule has 0 spiro atoms. The Balaban J connectivity index is 1.25. The van der Waals surface area contributed by atoms with Crippen molar-refractivity contribution in [3.8, 4) is 0 Å². The van der Waals surface area contributed by atoms with Gasteiger partial charge in [-0.05, 0) is 57.1 Å².